The fourth-order valence-electron chi connectivity index (χ4n) is 5.44. The Bertz CT molecular complexity index is 2140. The van der Waals surface area contributed by atoms with Crippen molar-refractivity contribution in [2.45, 2.75) is 0 Å². The van der Waals surface area contributed by atoms with E-state index in [4.69, 9.17) is 9.97 Å². The summed E-state index contributed by atoms with van der Waals surface area (Å²) in [6.07, 6.45) is 0. The molecule has 5 heteroatoms. The number of fused-ring (bicyclic) bond motifs is 4. The summed E-state index contributed by atoms with van der Waals surface area (Å²) >= 11 is 1.67. The zero-order valence-corrected chi connectivity index (χ0v) is 20.9. The number of thiophene rings is 1. The lowest BCUT2D eigenvalue weighted by atomic mass is 10.0. The molecule has 0 fully saturated rings. The van der Waals surface area contributed by atoms with Gasteiger partial charge in [-0.1, -0.05) is 91.0 Å². The average molecular weight is 506 g/mol. The Morgan fingerprint density at radius 2 is 1.29 bits per heavy atom. The van der Waals surface area contributed by atoms with E-state index in [2.05, 4.69) is 42.5 Å². The van der Waals surface area contributed by atoms with Gasteiger partial charge in [0.05, 0.1) is 26.8 Å². The Hall–Kier alpha value is -4.87. The third kappa shape index (κ3) is 3.06. The van der Waals surface area contributed by atoms with Crippen LogP contribution in [0.4, 0.5) is 0 Å². The Kier molecular flexibility index (Phi) is 4.51. The lowest BCUT2D eigenvalue weighted by Crippen LogP contribution is -2.14. The van der Waals surface area contributed by atoms with Crippen LogP contribution in [0.5, 0.6) is 0 Å². The summed E-state index contributed by atoms with van der Waals surface area (Å²) in [5.74, 6) is 0.563. The van der Waals surface area contributed by atoms with Crippen LogP contribution in [0.2, 0.25) is 0 Å². The predicted octanol–water partition coefficient (Wildman–Crippen LogP) is 8.05. The molecule has 0 bridgehead atoms. The summed E-state index contributed by atoms with van der Waals surface area (Å²) in [6.45, 7) is 0. The van der Waals surface area contributed by atoms with Crippen LogP contribution in [0.15, 0.2) is 120 Å². The Morgan fingerprint density at radius 1 is 0.605 bits per heavy atom. The molecule has 178 valence electrons. The van der Waals surface area contributed by atoms with Gasteiger partial charge in [-0.25, -0.2) is 9.97 Å². The maximum atomic E-state index is 14.2. The van der Waals surface area contributed by atoms with Crippen LogP contribution in [-0.2, 0) is 0 Å². The van der Waals surface area contributed by atoms with Gasteiger partial charge in [-0.15, -0.1) is 11.3 Å². The fourth-order valence-corrected chi connectivity index (χ4v) is 6.66. The Morgan fingerprint density at radius 3 is 2.11 bits per heavy atom. The van der Waals surface area contributed by atoms with Crippen LogP contribution >= 0.6 is 11.3 Å². The first-order valence-electron chi connectivity index (χ1n) is 12.5. The number of pyridine rings is 2. The van der Waals surface area contributed by atoms with Gasteiger partial charge in [-0.05, 0) is 35.4 Å². The molecule has 4 aromatic carbocycles. The van der Waals surface area contributed by atoms with Crippen LogP contribution in [0.25, 0.3) is 70.5 Å². The van der Waals surface area contributed by atoms with E-state index < -0.39 is 0 Å². The molecule has 0 saturated heterocycles. The van der Waals surface area contributed by atoms with Crippen molar-refractivity contribution in [2.75, 3.05) is 0 Å². The zero-order valence-electron chi connectivity index (χ0n) is 20.1. The molecule has 0 radical (unpaired) electrons. The fraction of sp³-hybridized carbons (Fsp3) is 0. The molecule has 0 amide bonds. The molecular formula is C33H19N3OS. The number of nitrogens with zero attached hydrogens (tertiary/aromatic N) is 3. The van der Waals surface area contributed by atoms with E-state index in [0.717, 1.165) is 59.0 Å². The number of benzene rings is 4. The van der Waals surface area contributed by atoms with Crippen molar-refractivity contribution in [1.82, 2.24) is 14.4 Å². The standard InChI is InChI=1S/C33H19N3OS/c37-33-29-23-14-7-8-17-28(23)38-31(29)24-15-9-16-25-30(24)36(33)32(35-25)27-19-22(20-10-3-1-4-11-20)18-26(34-27)21-12-5-2-6-13-21/h1-19H. The summed E-state index contributed by atoms with van der Waals surface area (Å²) in [4.78, 5) is 24.3. The van der Waals surface area contributed by atoms with Crippen molar-refractivity contribution in [3.8, 4) is 33.9 Å². The number of hydrogen-bond acceptors (Lipinski definition) is 4. The van der Waals surface area contributed by atoms with Crippen molar-refractivity contribution < 1.29 is 0 Å². The highest BCUT2D eigenvalue weighted by Crippen LogP contribution is 2.39. The maximum absolute atomic E-state index is 14.2. The number of hydrogen-bond donors (Lipinski definition) is 0. The van der Waals surface area contributed by atoms with E-state index in [9.17, 15) is 4.79 Å². The van der Waals surface area contributed by atoms with Gasteiger partial charge in [-0.3, -0.25) is 9.20 Å². The number of rotatable bonds is 3. The molecule has 0 spiro atoms. The summed E-state index contributed by atoms with van der Waals surface area (Å²) in [6, 6.07) is 38.7. The number of imidazole rings is 1. The molecular weight excluding hydrogens is 486 g/mol. The number of aromatic nitrogens is 3. The molecule has 0 N–H and O–H groups in total. The largest absolute Gasteiger partial charge is 0.268 e. The van der Waals surface area contributed by atoms with Crippen LogP contribution < -0.4 is 5.56 Å². The normalized spacial score (nSPS) is 11.8. The van der Waals surface area contributed by atoms with Crippen LogP contribution in [-0.4, -0.2) is 14.4 Å². The minimum atomic E-state index is -0.0539. The van der Waals surface area contributed by atoms with Gasteiger partial charge in [0, 0.05) is 21.0 Å². The Labute approximate surface area is 221 Å². The molecule has 0 atom stereocenters. The zero-order chi connectivity index (χ0) is 25.2. The van der Waals surface area contributed by atoms with Crippen LogP contribution in [0, 0.1) is 0 Å². The van der Waals surface area contributed by atoms with E-state index in [-0.39, 0.29) is 5.56 Å². The highest BCUT2D eigenvalue weighted by molar-refractivity contribution is 7.26. The Balaban J connectivity index is 1.50. The van der Waals surface area contributed by atoms with E-state index in [1.54, 1.807) is 15.7 Å². The van der Waals surface area contributed by atoms with E-state index in [1.165, 1.54) is 0 Å². The molecule has 4 aromatic heterocycles. The second-order valence-corrected chi connectivity index (χ2v) is 10.5. The first-order valence-corrected chi connectivity index (χ1v) is 13.3. The third-order valence-electron chi connectivity index (χ3n) is 7.16. The lowest BCUT2D eigenvalue weighted by molar-refractivity contribution is 1.10. The van der Waals surface area contributed by atoms with Crippen molar-refractivity contribution >= 4 is 47.9 Å². The topological polar surface area (TPSA) is 47.3 Å². The molecule has 8 aromatic rings. The molecule has 0 aliphatic rings. The van der Waals surface area contributed by atoms with Gasteiger partial charge < -0.3 is 0 Å². The first kappa shape index (κ1) is 21.2. The smallest absolute Gasteiger partial charge is 0.266 e. The molecule has 0 unspecified atom stereocenters. The molecule has 0 saturated carbocycles. The van der Waals surface area contributed by atoms with Crippen LogP contribution in [0.1, 0.15) is 0 Å². The second-order valence-electron chi connectivity index (χ2n) is 9.41. The third-order valence-corrected chi connectivity index (χ3v) is 8.37. The first-order chi connectivity index (χ1) is 18.8. The van der Waals surface area contributed by atoms with Gasteiger partial charge in [0.1, 0.15) is 5.69 Å². The summed E-state index contributed by atoms with van der Waals surface area (Å²) in [7, 11) is 0. The van der Waals surface area contributed by atoms with Gasteiger partial charge in [0.25, 0.3) is 5.56 Å². The van der Waals surface area contributed by atoms with E-state index >= 15 is 0 Å². The van der Waals surface area contributed by atoms with Crippen molar-refractivity contribution in [2.24, 2.45) is 0 Å². The van der Waals surface area contributed by atoms with Crippen molar-refractivity contribution in [3.05, 3.63) is 126 Å². The molecule has 0 aliphatic heterocycles. The average Bonchev–Trinajstić information content (AvgIpc) is 3.57. The maximum Gasteiger partial charge on any atom is 0.266 e. The minimum Gasteiger partial charge on any atom is -0.268 e. The van der Waals surface area contributed by atoms with Gasteiger partial charge >= 0.3 is 0 Å². The second kappa shape index (κ2) is 8.07. The van der Waals surface area contributed by atoms with Gasteiger partial charge in [-0.2, -0.15) is 0 Å². The molecule has 4 nitrogen and oxygen atoms in total. The predicted molar refractivity (Wildman–Crippen MR) is 157 cm³/mol. The van der Waals surface area contributed by atoms with Crippen molar-refractivity contribution in [1.29, 1.82) is 0 Å². The summed E-state index contributed by atoms with van der Waals surface area (Å²) in [5, 5.41) is 2.77. The number of para-hydroxylation sites is 1. The molecule has 4 heterocycles. The van der Waals surface area contributed by atoms with E-state index in [1.807, 2.05) is 72.8 Å². The molecule has 8 rings (SSSR count). The lowest BCUT2D eigenvalue weighted by Gasteiger charge is -2.10. The summed E-state index contributed by atoms with van der Waals surface area (Å²) in [5.41, 5.74) is 6.22. The quantitative estimate of drug-likeness (QED) is 0.244. The highest BCUT2D eigenvalue weighted by atomic mass is 32.1. The SMILES string of the molecule is O=c1c2c3ccccc3sc2c2cccc3nc(-c4cc(-c5ccccc5)cc(-c5ccccc5)n4)n1c32. The monoisotopic (exact) mass is 505 g/mol. The van der Waals surface area contributed by atoms with Crippen molar-refractivity contribution in [3.63, 3.8) is 0 Å². The van der Waals surface area contributed by atoms with E-state index in [0.29, 0.717) is 11.5 Å². The molecule has 0 aliphatic carbocycles. The minimum absolute atomic E-state index is 0.0539. The van der Waals surface area contributed by atoms with Crippen LogP contribution in [0.3, 0.4) is 0 Å². The summed E-state index contributed by atoms with van der Waals surface area (Å²) < 4.78 is 3.90. The highest BCUT2D eigenvalue weighted by Gasteiger charge is 2.22. The van der Waals surface area contributed by atoms with Gasteiger partial charge in [0.2, 0.25) is 0 Å². The van der Waals surface area contributed by atoms with Gasteiger partial charge in [0.15, 0.2) is 5.82 Å². The molecule has 38 heavy (non-hydrogen) atoms.